The minimum Gasteiger partial charge on any atom is -0.382 e. The highest BCUT2D eigenvalue weighted by Gasteiger charge is 2.10. The lowest BCUT2D eigenvalue weighted by Crippen LogP contribution is -2.18. The molecule has 72 valence electrons. The number of ether oxygens (including phenoxy) is 2. The quantitative estimate of drug-likeness (QED) is 0.676. The Hall–Kier alpha value is -1.20. The number of nitrogen functional groups attached to an aromatic ring is 1. The Morgan fingerprint density at radius 1 is 1.31 bits per heavy atom. The molecule has 5 heteroatoms. The smallest absolute Gasteiger partial charge is 0.162 e. The normalized spacial score (nSPS) is 10.7. The summed E-state index contributed by atoms with van der Waals surface area (Å²) in [4.78, 5) is 7.97. The standard InChI is InChI=1S/C8H13N3O2/c1-12-7(13-2)5-6-8(9)11-4-3-10-6/h3-4,7H,5H2,1-2H3,(H2,9,11). The van der Waals surface area contributed by atoms with Gasteiger partial charge in [-0.2, -0.15) is 0 Å². The number of nitrogens with zero attached hydrogens (tertiary/aromatic N) is 2. The summed E-state index contributed by atoms with van der Waals surface area (Å²) in [6, 6.07) is 0. The molecule has 0 radical (unpaired) electrons. The number of rotatable bonds is 4. The topological polar surface area (TPSA) is 70.3 Å². The van der Waals surface area contributed by atoms with Gasteiger partial charge in [0.05, 0.1) is 5.69 Å². The van der Waals surface area contributed by atoms with Crippen LogP contribution in [0.2, 0.25) is 0 Å². The van der Waals surface area contributed by atoms with Gasteiger partial charge in [0.25, 0.3) is 0 Å². The van der Waals surface area contributed by atoms with E-state index in [-0.39, 0.29) is 6.29 Å². The van der Waals surface area contributed by atoms with Crippen molar-refractivity contribution >= 4 is 5.82 Å². The van der Waals surface area contributed by atoms with Crippen molar-refractivity contribution in [3.05, 3.63) is 18.1 Å². The van der Waals surface area contributed by atoms with Gasteiger partial charge in [-0.25, -0.2) is 4.98 Å². The fraction of sp³-hybridized carbons (Fsp3) is 0.500. The van der Waals surface area contributed by atoms with Crippen LogP contribution >= 0.6 is 0 Å². The van der Waals surface area contributed by atoms with Crippen molar-refractivity contribution in [1.82, 2.24) is 9.97 Å². The Morgan fingerprint density at radius 3 is 2.46 bits per heavy atom. The minimum absolute atomic E-state index is 0.320. The number of methoxy groups -OCH3 is 2. The summed E-state index contributed by atoms with van der Waals surface area (Å²) >= 11 is 0. The molecular weight excluding hydrogens is 170 g/mol. The van der Waals surface area contributed by atoms with Gasteiger partial charge in [0.15, 0.2) is 6.29 Å². The summed E-state index contributed by atoms with van der Waals surface area (Å²) in [5, 5.41) is 0. The lowest BCUT2D eigenvalue weighted by atomic mass is 10.3. The molecule has 0 amide bonds. The molecule has 0 aliphatic carbocycles. The number of hydrogen-bond donors (Lipinski definition) is 1. The molecule has 0 fully saturated rings. The predicted octanol–water partition coefficient (Wildman–Crippen LogP) is 0.220. The number of anilines is 1. The summed E-state index contributed by atoms with van der Waals surface area (Å²) in [5.74, 6) is 0.418. The van der Waals surface area contributed by atoms with Crippen molar-refractivity contribution in [3.8, 4) is 0 Å². The molecule has 5 nitrogen and oxygen atoms in total. The molecule has 0 aromatic carbocycles. The third-order valence-corrected chi connectivity index (χ3v) is 1.69. The molecule has 13 heavy (non-hydrogen) atoms. The van der Waals surface area contributed by atoms with Gasteiger partial charge in [-0.3, -0.25) is 4.98 Å². The summed E-state index contributed by atoms with van der Waals surface area (Å²) in [6.45, 7) is 0. The van der Waals surface area contributed by atoms with Crippen LogP contribution in [0, 0.1) is 0 Å². The highest BCUT2D eigenvalue weighted by Crippen LogP contribution is 2.08. The molecule has 1 rings (SSSR count). The van der Waals surface area contributed by atoms with Crippen LogP contribution in [0.15, 0.2) is 12.4 Å². The average molecular weight is 183 g/mol. The molecule has 0 saturated heterocycles. The number of aromatic nitrogens is 2. The summed E-state index contributed by atoms with van der Waals surface area (Å²) in [6.07, 6.45) is 3.33. The minimum atomic E-state index is -0.320. The van der Waals surface area contributed by atoms with Crippen molar-refractivity contribution in [2.45, 2.75) is 12.7 Å². The SMILES string of the molecule is COC(Cc1nccnc1N)OC. The molecule has 0 bridgehead atoms. The number of nitrogens with two attached hydrogens (primary N) is 1. The highest BCUT2D eigenvalue weighted by atomic mass is 16.7. The lowest BCUT2D eigenvalue weighted by Gasteiger charge is -2.12. The molecule has 0 unspecified atom stereocenters. The van der Waals surface area contributed by atoms with Crippen LogP contribution in [-0.2, 0) is 15.9 Å². The summed E-state index contributed by atoms with van der Waals surface area (Å²) in [7, 11) is 3.14. The molecule has 0 saturated carbocycles. The third kappa shape index (κ3) is 2.64. The van der Waals surface area contributed by atoms with E-state index in [0.717, 1.165) is 0 Å². The van der Waals surface area contributed by atoms with E-state index < -0.39 is 0 Å². The molecule has 0 aliphatic rings. The van der Waals surface area contributed by atoms with E-state index in [2.05, 4.69) is 9.97 Å². The lowest BCUT2D eigenvalue weighted by molar-refractivity contribution is -0.101. The Balaban J connectivity index is 2.67. The first-order valence-corrected chi connectivity index (χ1v) is 3.89. The second kappa shape index (κ2) is 4.74. The van der Waals surface area contributed by atoms with E-state index in [1.54, 1.807) is 26.6 Å². The zero-order chi connectivity index (χ0) is 9.68. The van der Waals surface area contributed by atoms with Gasteiger partial charge in [0, 0.05) is 33.0 Å². The monoisotopic (exact) mass is 183 g/mol. The van der Waals surface area contributed by atoms with Gasteiger partial charge in [0.2, 0.25) is 0 Å². The highest BCUT2D eigenvalue weighted by molar-refractivity contribution is 5.33. The maximum Gasteiger partial charge on any atom is 0.162 e. The zero-order valence-electron chi connectivity index (χ0n) is 7.73. The first kappa shape index (κ1) is 9.88. The maximum absolute atomic E-state index is 5.59. The van der Waals surface area contributed by atoms with E-state index >= 15 is 0 Å². The molecule has 1 heterocycles. The van der Waals surface area contributed by atoms with Crippen molar-refractivity contribution in [2.24, 2.45) is 0 Å². The summed E-state index contributed by atoms with van der Waals surface area (Å²) in [5.41, 5.74) is 6.28. The molecular formula is C8H13N3O2. The van der Waals surface area contributed by atoms with Crippen LogP contribution < -0.4 is 5.73 Å². The molecule has 2 N–H and O–H groups in total. The fourth-order valence-corrected chi connectivity index (χ4v) is 0.956. The Morgan fingerprint density at radius 2 is 1.92 bits per heavy atom. The second-order valence-electron chi connectivity index (χ2n) is 2.49. The summed E-state index contributed by atoms with van der Waals surface area (Å²) < 4.78 is 10.0. The second-order valence-corrected chi connectivity index (χ2v) is 2.49. The Kier molecular flexibility index (Phi) is 3.60. The van der Waals surface area contributed by atoms with E-state index in [1.165, 1.54) is 0 Å². The van der Waals surface area contributed by atoms with Crippen LogP contribution in [-0.4, -0.2) is 30.5 Å². The average Bonchev–Trinajstić information content (AvgIpc) is 2.17. The van der Waals surface area contributed by atoms with E-state index in [4.69, 9.17) is 15.2 Å². The van der Waals surface area contributed by atoms with Crippen LogP contribution in [0.5, 0.6) is 0 Å². The van der Waals surface area contributed by atoms with Crippen molar-refractivity contribution < 1.29 is 9.47 Å². The largest absolute Gasteiger partial charge is 0.382 e. The Labute approximate surface area is 76.9 Å². The Bertz CT molecular complexity index is 263. The van der Waals surface area contributed by atoms with Crippen LogP contribution in [0.4, 0.5) is 5.82 Å². The van der Waals surface area contributed by atoms with Crippen LogP contribution in [0.1, 0.15) is 5.69 Å². The van der Waals surface area contributed by atoms with Gasteiger partial charge >= 0.3 is 0 Å². The molecule has 0 spiro atoms. The van der Waals surface area contributed by atoms with Gasteiger partial charge in [-0.05, 0) is 0 Å². The van der Waals surface area contributed by atoms with Gasteiger partial charge in [-0.1, -0.05) is 0 Å². The van der Waals surface area contributed by atoms with Crippen molar-refractivity contribution in [3.63, 3.8) is 0 Å². The zero-order valence-corrected chi connectivity index (χ0v) is 7.73. The fourth-order valence-electron chi connectivity index (χ4n) is 0.956. The van der Waals surface area contributed by atoms with E-state index in [0.29, 0.717) is 17.9 Å². The van der Waals surface area contributed by atoms with E-state index in [1.807, 2.05) is 0 Å². The van der Waals surface area contributed by atoms with Crippen LogP contribution in [0.25, 0.3) is 0 Å². The third-order valence-electron chi connectivity index (χ3n) is 1.69. The van der Waals surface area contributed by atoms with Gasteiger partial charge in [-0.15, -0.1) is 0 Å². The molecule has 0 aliphatic heterocycles. The molecule has 0 atom stereocenters. The van der Waals surface area contributed by atoms with Crippen molar-refractivity contribution in [1.29, 1.82) is 0 Å². The molecule has 1 aromatic rings. The first-order valence-electron chi connectivity index (χ1n) is 3.89. The van der Waals surface area contributed by atoms with Gasteiger partial charge in [0.1, 0.15) is 5.82 Å². The van der Waals surface area contributed by atoms with E-state index in [9.17, 15) is 0 Å². The number of hydrogen-bond acceptors (Lipinski definition) is 5. The van der Waals surface area contributed by atoms with Gasteiger partial charge < -0.3 is 15.2 Å². The molecule has 1 aromatic heterocycles. The first-order chi connectivity index (χ1) is 6.27. The van der Waals surface area contributed by atoms with Crippen LogP contribution in [0.3, 0.4) is 0 Å². The maximum atomic E-state index is 5.59. The van der Waals surface area contributed by atoms with Crippen molar-refractivity contribution in [2.75, 3.05) is 20.0 Å². The predicted molar refractivity (Wildman–Crippen MR) is 48.0 cm³/mol.